The Bertz CT molecular complexity index is 726. The molecule has 1 rings (SSSR count). The summed E-state index contributed by atoms with van der Waals surface area (Å²) in [6.07, 6.45) is 12.1. The zero-order valence-corrected chi connectivity index (χ0v) is 19.9. The standard InChI is InChI=1S/C22H37ClN2O4S/c1-3-4-5-6-7-8-9-10-11-14-20(18-17-19(2)23)30(28,29)24-21-15-12-13-16-22(21)25(26)27/h12-13,15-16,19-20,24H,3-11,14,17-18H2,1-2H3. The first kappa shape index (κ1) is 26.7. The fraction of sp³-hybridized carbons (Fsp3) is 0.727. The van der Waals surface area contributed by atoms with E-state index in [4.69, 9.17) is 11.6 Å². The van der Waals surface area contributed by atoms with Gasteiger partial charge in [-0.1, -0.05) is 76.8 Å². The second-order valence-electron chi connectivity index (χ2n) is 8.02. The lowest BCUT2D eigenvalue weighted by Gasteiger charge is -2.19. The van der Waals surface area contributed by atoms with Crippen LogP contribution in [0.25, 0.3) is 0 Å². The Morgan fingerprint density at radius 1 is 0.967 bits per heavy atom. The molecule has 172 valence electrons. The molecule has 0 aromatic heterocycles. The van der Waals surface area contributed by atoms with Gasteiger partial charge in [-0.15, -0.1) is 11.6 Å². The van der Waals surface area contributed by atoms with Crippen LogP contribution < -0.4 is 4.72 Å². The molecule has 0 aliphatic rings. The molecule has 0 fully saturated rings. The third-order valence-corrected chi connectivity index (χ3v) is 7.38. The molecule has 0 saturated carbocycles. The summed E-state index contributed by atoms with van der Waals surface area (Å²) in [6, 6.07) is 5.83. The van der Waals surface area contributed by atoms with Crippen LogP contribution in [-0.4, -0.2) is 24.0 Å². The number of benzene rings is 1. The fourth-order valence-electron chi connectivity index (χ4n) is 3.51. The number of nitrogens with zero attached hydrogens (tertiary/aromatic N) is 1. The van der Waals surface area contributed by atoms with Crippen LogP contribution >= 0.6 is 11.6 Å². The average Bonchev–Trinajstić information content (AvgIpc) is 2.68. The van der Waals surface area contributed by atoms with E-state index in [9.17, 15) is 18.5 Å². The number of anilines is 1. The first-order chi connectivity index (χ1) is 14.3. The largest absolute Gasteiger partial charge is 0.293 e. The highest BCUT2D eigenvalue weighted by Crippen LogP contribution is 2.27. The molecule has 2 atom stereocenters. The second kappa shape index (κ2) is 14.6. The Hall–Kier alpha value is -1.34. The molecule has 0 bridgehead atoms. The predicted octanol–water partition coefficient (Wildman–Crippen LogP) is 7.03. The molecule has 0 aliphatic carbocycles. The Balaban J connectivity index is 2.62. The SMILES string of the molecule is CCCCCCCCCCCC(CCC(C)Cl)S(=O)(=O)Nc1ccccc1[N+](=O)[O-]. The lowest BCUT2D eigenvalue weighted by molar-refractivity contribution is -0.383. The molecule has 6 nitrogen and oxygen atoms in total. The van der Waals surface area contributed by atoms with Crippen molar-refractivity contribution in [3.05, 3.63) is 34.4 Å². The van der Waals surface area contributed by atoms with E-state index >= 15 is 0 Å². The van der Waals surface area contributed by atoms with Crippen LogP contribution in [0.3, 0.4) is 0 Å². The highest BCUT2D eigenvalue weighted by molar-refractivity contribution is 7.93. The number of unbranched alkanes of at least 4 members (excludes halogenated alkanes) is 8. The van der Waals surface area contributed by atoms with Gasteiger partial charge in [-0.25, -0.2) is 8.42 Å². The summed E-state index contributed by atoms with van der Waals surface area (Å²) >= 11 is 6.05. The predicted molar refractivity (Wildman–Crippen MR) is 126 cm³/mol. The van der Waals surface area contributed by atoms with Crippen molar-refractivity contribution in [2.75, 3.05) is 4.72 Å². The maximum Gasteiger partial charge on any atom is 0.293 e. The van der Waals surface area contributed by atoms with Crippen molar-refractivity contribution in [1.29, 1.82) is 0 Å². The lowest BCUT2D eigenvalue weighted by atomic mass is 10.0. The van der Waals surface area contributed by atoms with Crippen molar-refractivity contribution in [1.82, 2.24) is 0 Å². The molecule has 30 heavy (non-hydrogen) atoms. The van der Waals surface area contributed by atoms with Crippen LogP contribution in [0, 0.1) is 10.1 Å². The number of para-hydroxylation sites is 2. The molecule has 0 saturated heterocycles. The maximum absolute atomic E-state index is 13.0. The van der Waals surface area contributed by atoms with Gasteiger partial charge in [-0.05, 0) is 32.3 Å². The molecule has 2 unspecified atom stereocenters. The summed E-state index contributed by atoms with van der Waals surface area (Å²) in [5, 5.41) is 10.5. The van der Waals surface area contributed by atoms with Gasteiger partial charge in [0.25, 0.3) is 5.69 Å². The average molecular weight is 461 g/mol. The molecule has 1 aromatic rings. The van der Waals surface area contributed by atoms with E-state index in [1.54, 1.807) is 6.07 Å². The van der Waals surface area contributed by atoms with Gasteiger partial charge in [0, 0.05) is 11.4 Å². The molecule has 0 radical (unpaired) electrons. The van der Waals surface area contributed by atoms with Gasteiger partial charge in [0.15, 0.2) is 0 Å². The number of rotatable bonds is 17. The van der Waals surface area contributed by atoms with Gasteiger partial charge in [-0.2, -0.15) is 0 Å². The third kappa shape index (κ3) is 10.6. The third-order valence-electron chi connectivity index (χ3n) is 5.31. The Labute approximate surface area is 187 Å². The molecular weight excluding hydrogens is 424 g/mol. The summed E-state index contributed by atoms with van der Waals surface area (Å²) in [6.45, 7) is 4.06. The number of nitro groups is 1. The van der Waals surface area contributed by atoms with Gasteiger partial charge < -0.3 is 0 Å². The monoisotopic (exact) mass is 460 g/mol. The summed E-state index contributed by atoms with van der Waals surface area (Å²) in [5.41, 5.74) is -0.230. The van der Waals surface area contributed by atoms with Crippen molar-refractivity contribution in [2.45, 2.75) is 102 Å². The normalized spacial score (nSPS) is 13.7. The van der Waals surface area contributed by atoms with E-state index < -0.39 is 20.2 Å². The Morgan fingerprint density at radius 2 is 1.53 bits per heavy atom. The zero-order valence-electron chi connectivity index (χ0n) is 18.3. The summed E-state index contributed by atoms with van der Waals surface area (Å²) in [4.78, 5) is 10.6. The molecule has 0 spiro atoms. The highest BCUT2D eigenvalue weighted by atomic mass is 35.5. The fourth-order valence-corrected chi connectivity index (χ4v) is 5.20. The number of alkyl halides is 1. The van der Waals surface area contributed by atoms with Crippen molar-refractivity contribution in [3.8, 4) is 0 Å². The van der Waals surface area contributed by atoms with E-state index in [0.29, 0.717) is 19.3 Å². The van der Waals surface area contributed by atoms with Crippen LogP contribution in [-0.2, 0) is 10.0 Å². The van der Waals surface area contributed by atoms with Crippen LogP contribution in [0.1, 0.15) is 90.9 Å². The highest BCUT2D eigenvalue weighted by Gasteiger charge is 2.27. The van der Waals surface area contributed by atoms with Crippen LogP contribution in [0.2, 0.25) is 0 Å². The van der Waals surface area contributed by atoms with Gasteiger partial charge in [0.05, 0.1) is 10.2 Å². The van der Waals surface area contributed by atoms with Crippen LogP contribution in [0.15, 0.2) is 24.3 Å². The number of halogens is 1. The lowest BCUT2D eigenvalue weighted by Crippen LogP contribution is -2.29. The summed E-state index contributed by atoms with van der Waals surface area (Å²) in [5.74, 6) is 0. The van der Waals surface area contributed by atoms with Crippen LogP contribution in [0.5, 0.6) is 0 Å². The smallest absolute Gasteiger partial charge is 0.277 e. The van der Waals surface area contributed by atoms with Gasteiger partial charge >= 0.3 is 0 Å². The minimum atomic E-state index is -3.75. The molecule has 1 N–H and O–H groups in total. The molecule has 0 aliphatic heterocycles. The van der Waals surface area contributed by atoms with Crippen molar-refractivity contribution in [2.24, 2.45) is 0 Å². The zero-order chi connectivity index (χ0) is 22.4. The number of hydrogen-bond acceptors (Lipinski definition) is 4. The van der Waals surface area contributed by atoms with E-state index in [0.717, 1.165) is 19.3 Å². The van der Waals surface area contributed by atoms with E-state index in [2.05, 4.69) is 11.6 Å². The van der Waals surface area contributed by atoms with E-state index in [1.807, 2.05) is 6.92 Å². The minimum absolute atomic E-state index is 0.0125. The first-order valence-corrected chi connectivity index (χ1v) is 13.1. The topological polar surface area (TPSA) is 89.3 Å². The van der Waals surface area contributed by atoms with Gasteiger partial charge in [0.1, 0.15) is 5.69 Å². The van der Waals surface area contributed by atoms with Crippen molar-refractivity contribution < 1.29 is 13.3 Å². The Morgan fingerprint density at radius 3 is 2.10 bits per heavy atom. The quantitative estimate of drug-likeness (QED) is 0.117. The molecule has 0 amide bonds. The minimum Gasteiger partial charge on any atom is -0.277 e. The molecule has 8 heteroatoms. The molecule has 1 aromatic carbocycles. The van der Waals surface area contributed by atoms with E-state index in [-0.39, 0.29) is 16.8 Å². The number of hydrogen-bond donors (Lipinski definition) is 1. The molecular formula is C22H37ClN2O4S. The van der Waals surface area contributed by atoms with Crippen molar-refractivity contribution >= 4 is 33.0 Å². The molecule has 0 heterocycles. The van der Waals surface area contributed by atoms with E-state index in [1.165, 1.54) is 56.7 Å². The van der Waals surface area contributed by atoms with Crippen molar-refractivity contribution in [3.63, 3.8) is 0 Å². The number of nitro benzene ring substituents is 1. The second-order valence-corrected chi connectivity index (χ2v) is 10.7. The van der Waals surface area contributed by atoms with Gasteiger partial charge in [-0.3, -0.25) is 14.8 Å². The van der Waals surface area contributed by atoms with Gasteiger partial charge in [0.2, 0.25) is 10.0 Å². The summed E-state index contributed by atoms with van der Waals surface area (Å²) < 4.78 is 28.4. The first-order valence-electron chi connectivity index (χ1n) is 11.2. The maximum atomic E-state index is 13.0. The number of nitrogens with one attached hydrogen (secondary N) is 1. The number of sulfonamides is 1. The van der Waals surface area contributed by atoms with Crippen LogP contribution in [0.4, 0.5) is 11.4 Å². The summed E-state index contributed by atoms with van der Waals surface area (Å²) in [7, 11) is -3.75. The Kier molecular flexibility index (Phi) is 13.0.